The van der Waals surface area contributed by atoms with Gasteiger partial charge in [0.25, 0.3) is 11.6 Å². The molecule has 0 unspecified atom stereocenters. The number of nitrogens with one attached hydrogen (secondary N) is 1. The molecule has 2 aromatic rings. The fraction of sp³-hybridized carbons (Fsp3) is 0.222. The highest BCUT2D eigenvalue weighted by atomic mass is 16.6. The number of anilines is 1. The summed E-state index contributed by atoms with van der Waals surface area (Å²) < 4.78 is 15.2. The van der Waals surface area contributed by atoms with Crippen molar-refractivity contribution in [1.82, 2.24) is 0 Å². The zero-order valence-electron chi connectivity index (χ0n) is 14.9. The van der Waals surface area contributed by atoms with Gasteiger partial charge in [0.1, 0.15) is 17.1 Å². The summed E-state index contributed by atoms with van der Waals surface area (Å²) in [5.41, 5.74) is 0.0270. The molecule has 1 N–H and O–H groups in total. The minimum Gasteiger partial charge on any atom is -0.497 e. The monoisotopic (exact) mass is 374 g/mol. The predicted octanol–water partition coefficient (Wildman–Crippen LogP) is 2.80. The molecule has 27 heavy (non-hydrogen) atoms. The second-order valence-corrected chi connectivity index (χ2v) is 5.41. The number of hydrogen-bond acceptors (Lipinski definition) is 7. The Balaban J connectivity index is 2.11. The normalized spacial score (nSPS) is 11.2. The molecule has 9 nitrogen and oxygen atoms in total. The maximum Gasteiger partial charge on any atom is 0.342 e. The first kappa shape index (κ1) is 19.7. The van der Waals surface area contributed by atoms with Crippen LogP contribution in [0.5, 0.6) is 11.5 Å². The first-order valence-corrected chi connectivity index (χ1v) is 7.84. The van der Waals surface area contributed by atoms with Crippen LogP contribution in [0, 0.1) is 10.1 Å². The number of non-ortho nitro benzene ring substituents is 1. The highest BCUT2D eigenvalue weighted by Crippen LogP contribution is 2.25. The molecule has 0 radical (unpaired) electrons. The second-order valence-electron chi connectivity index (χ2n) is 5.41. The van der Waals surface area contributed by atoms with E-state index in [1.165, 1.54) is 33.3 Å². The van der Waals surface area contributed by atoms with Crippen LogP contribution < -0.4 is 14.8 Å². The molecule has 142 valence electrons. The number of nitro groups is 1. The molecule has 0 saturated carbocycles. The second kappa shape index (κ2) is 8.65. The van der Waals surface area contributed by atoms with E-state index in [4.69, 9.17) is 14.2 Å². The van der Waals surface area contributed by atoms with Crippen LogP contribution in [0.15, 0.2) is 42.5 Å². The average Bonchev–Trinajstić information content (AvgIpc) is 2.67. The molecule has 9 heteroatoms. The van der Waals surface area contributed by atoms with Gasteiger partial charge in [0.15, 0.2) is 6.10 Å². The highest BCUT2D eigenvalue weighted by Gasteiger charge is 2.23. The standard InChI is InChI=1S/C18H18N2O7/c1-11(17(21)19-12-5-4-6-14(9-12)25-2)27-18(22)15-10-13(20(23)24)7-8-16(15)26-3/h4-11H,1-3H3,(H,19,21)/t11-/m1/s1. The smallest absolute Gasteiger partial charge is 0.342 e. The number of amides is 1. The third-order valence-corrected chi connectivity index (χ3v) is 3.60. The molecule has 0 aromatic heterocycles. The molecular formula is C18H18N2O7. The Hall–Kier alpha value is -3.62. The lowest BCUT2D eigenvalue weighted by molar-refractivity contribution is -0.384. The number of rotatable bonds is 7. The maximum atomic E-state index is 12.3. The Morgan fingerprint density at radius 3 is 2.48 bits per heavy atom. The van der Waals surface area contributed by atoms with E-state index >= 15 is 0 Å². The quantitative estimate of drug-likeness (QED) is 0.450. The summed E-state index contributed by atoms with van der Waals surface area (Å²) >= 11 is 0. The summed E-state index contributed by atoms with van der Waals surface area (Å²) in [5, 5.41) is 13.5. The number of nitrogens with zero attached hydrogens (tertiary/aromatic N) is 1. The predicted molar refractivity (Wildman–Crippen MR) is 96.1 cm³/mol. The average molecular weight is 374 g/mol. The highest BCUT2D eigenvalue weighted by molar-refractivity contribution is 5.98. The molecule has 2 aromatic carbocycles. The van der Waals surface area contributed by atoms with E-state index in [9.17, 15) is 19.7 Å². The van der Waals surface area contributed by atoms with E-state index in [2.05, 4.69) is 5.32 Å². The van der Waals surface area contributed by atoms with Crippen molar-refractivity contribution in [1.29, 1.82) is 0 Å². The number of hydrogen-bond donors (Lipinski definition) is 1. The summed E-state index contributed by atoms with van der Waals surface area (Å²) in [6.07, 6.45) is -1.15. The Kier molecular flexibility index (Phi) is 6.32. The molecule has 0 aliphatic heterocycles. The maximum absolute atomic E-state index is 12.3. The Morgan fingerprint density at radius 1 is 1.11 bits per heavy atom. The van der Waals surface area contributed by atoms with Crippen LogP contribution in [0.2, 0.25) is 0 Å². The number of methoxy groups -OCH3 is 2. The Morgan fingerprint density at radius 2 is 1.85 bits per heavy atom. The van der Waals surface area contributed by atoms with Crippen molar-refractivity contribution in [2.24, 2.45) is 0 Å². The van der Waals surface area contributed by atoms with Crippen molar-refractivity contribution in [3.63, 3.8) is 0 Å². The Labute approximate surface area is 155 Å². The van der Waals surface area contributed by atoms with Gasteiger partial charge >= 0.3 is 5.97 Å². The summed E-state index contributed by atoms with van der Waals surface area (Å²) in [4.78, 5) is 34.8. The molecule has 1 atom stereocenters. The third kappa shape index (κ3) is 4.94. The van der Waals surface area contributed by atoms with E-state index in [0.29, 0.717) is 11.4 Å². The van der Waals surface area contributed by atoms with E-state index < -0.39 is 22.9 Å². The minimum atomic E-state index is -1.15. The number of ether oxygens (including phenoxy) is 3. The molecule has 0 fully saturated rings. The minimum absolute atomic E-state index is 0.103. The number of carbonyl (C=O) groups is 2. The van der Waals surface area contributed by atoms with Gasteiger partial charge in [-0.15, -0.1) is 0 Å². The zero-order valence-corrected chi connectivity index (χ0v) is 14.9. The van der Waals surface area contributed by atoms with Crippen LogP contribution in [0.3, 0.4) is 0 Å². The van der Waals surface area contributed by atoms with Crippen LogP contribution in [-0.2, 0) is 9.53 Å². The molecular weight excluding hydrogens is 356 g/mol. The molecule has 0 heterocycles. The fourth-order valence-electron chi connectivity index (χ4n) is 2.19. The molecule has 1 amide bonds. The van der Waals surface area contributed by atoms with Crippen LogP contribution in [-0.4, -0.2) is 37.1 Å². The van der Waals surface area contributed by atoms with Crippen molar-refractivity contribution in [3.05, 3.63) is 58.1 Å². The SMILES string of the molecule is COc1cccc(NC(=O)[C@@H](C)OC(=O)c2cc([N+](=O)[O-])ccc2OC)c1. The third-order valence-electron chi connectivity index (χ3n) is 3.60. The zero-order chi connectivity index (χ0) is 20.0. The molecule has 0 aliphatic rings. The van der Waals surface area contributed by atoms with Gasteiger partial charge in [-0.2, -0.15) is 0 Å². The van der Waals surface area contributed by atoms with Gasteiger partial charge in [-0.25, -0.2) is 4.79 Å². The lowest BCUT2D eigenvalue weighted by atomic mass is 10.1. The van der Waals surface area contributed by atoms with Gasteiger partial charge in [0, 0.05) is 23.9 Å². The van der Waals surface area contributed by atoms with Gasteiger partial charge < -0.3 is 19.5 Å². The molecule has 0 saturated heterocycles. The summed E-state index contributed by atoms with van der Waals surface area (Å²) in [6.45, 7) is 1.39. The van der Waals surface area contributed by atoms with Crippen molar-refractivity contribution in [2.75, 3.05) is 19.5 Å². The van der Waals surface area contributed by atoms with Gasteiger partial charge in [0.2, 0.25) is 0 Å². The van der Waals surface area contributed by atoms with Gasteiger partial charge in [-0.3, -0.25) is 14.9 Å². The largest absolute Gasteiger partial charge is 0.497 e. The van der Waals surface area contributed by atoms with E-state index in [0.717, 1.165) is 6.07 Å². The number of esters is 1. The van der Waals surface area contributed by atoms with Crippen molar-refractivity contribution >= 4 is 23.3 Å². The van der Waals surface area contributed by atoms with Gasteiger partial charge in [-0.1, -0.05) is 6.07 Å². The lowest BCUT2D eigenvalue weighted by Gasteiger charge is -2.15. The first-order valence-electron chi connectivity index (χ1n) is 7.84. The lowest BCUT2D eigenvalue weighted by Crippen LogP contribution is -2.30. The summed E-state index contributed by atoms with van der Waals surface area (Å²) in [7, 11) is 2.81. The summed E-state index contributed by atoms with van der Waals surface area (Å²) in [5.74, 6) is -0.824. The van der Waals surface area contributed by atoms with E-state index in [1.807, 2.05) is 0 Å². The molecule has 0 bridgehead atoms. The van der Waals surface area contributed by atoms with Crippen LogP contribution in [0.4, 0.5) is 11.4 Å². The first-order chi connectivity index (χ1) is 12.8. The van der Waals surface area contributed by atoms with Crippen LogP contribution >= 0.6 is 0 Å². The van der Waals surface area contributed by atoms with Gasteiger partial charge in [0.05, 0.1) is 19.1 Å². The fourth-order valence-corrected chi connectivity index (χ4v) is 2.19. The number of nitro benzene ring substituents is 1. The number of carbonyl (C=O) groups excluding carboxylic acids is 2. The molecule has 2 rings (SSSR count). The molecule has 0 spiro atoms. The molecule has 0 aliphatic carbocycles. The van der Waals surface area contributed by atoms with E-state index in [-0.39, 0.29) is 17.0 Å². The topological polar surface area (TPSA) is 117 Å². The van der Waals surface area contributed by atoms with Crippen molar-refractivity contribution in [3.8, 4) is 11.5 Å². The van der Waals surface area contributed by atoms with Crippen LogP contribution in [0.1, 0.15) is 17.3 Å². The number of benzene rings is 2. The van der Waals surface area contributed by atoms with Gasteiger partial charge in [-0.05, 0) is 25.1 Å². The summed E-state index contributed by atoms with van der Waals surface area (Å²) in [6, 6.07) is 10.2. The van der Waals surface area contributed by atoms with Crippen molar-refractivity contribution in [2.45, 2.75) is 13.0 Å². The van der Waals surface area contributed by atoms with Crippen LogP contribution in [0.25, 0.3) is 0 Å². The van der Waals surface area contributed by atoms with Crippen molar-refractivity contribution < 1.29 is 28.7 Å². The van der Waals surface area contributed by atoms with E-state index in [1.54, 1.807) is 24.3 Å². The Bertz CT molecular complexity index is 867.